The Kier molecular flexibility index (Phi) is 39.0. The average molecular weight is 1020 g/mol. The molecule has 0 aromatic heterocycles. The highest BCUT2D eigenvalue weighted by atomic mass is 16.7. The maximum absolute atomic E-state index is 13.0. The lowest BCUT2D eigenvalue weighted by Gasteiger charge is -2.42. The molecule has 11 atom stereocenters. The van der Waals surface area contributed by atoms with Crippen molar-refractivity contribution < 1.29 is 73.8 Å². The normalized spacial score (nSPS) is 25.6. The van der Waals surface area contributed by atoms with Crippen LogP contribution in [0.2, 0.25) is 0 Å². The van der Waals surface area contributed by atoms with E-state index in [2.05, 4.69) is 86.8 Å². The maximum Gasteiger partial charge on any atom is 0.306 e. The summed E-state index contributed by atoms with van der Waals surface area (Å²) in [6, 6.07) is 0. The van der Waals surface area contributed by atoms with Crippen molar-refractivity contribution in [3.8, 4) is 0 Å². The summed E-state index contributed by atoms with van der Waals surface area (Å²) in [5, 5.41) is 72.2. The van der Waals surface area contributed by atoms with Crippen molar-refractivity contribution in [3.05, 3.63) is 72.9 Å². The second-order valence-electron chi connectivity index (χ2n) is 19.0. The van der Waals surface area contributed by atoms with Gasteiger partial charge in [-0.15, -0.1) is 0 Å². The van der Waals surface area contributed by atoms with Crippen molar-refractivity contribution in [3.63, 3.8) is 0 Å². The van der Waals surface area contributed by atoms with Crippen molar-refractivity contribution in [2.24, 2.45) is 0 Å². The van der Waals surface area contributed by atoms with Crippen molar-refractivity contribution in [2.45, 2.75) is 248 Å². The number of unbranched alkanes of at least 4 members (excludes halogenated alkanes) is 16. The van der Waals surface area contributed by atoms with Crippen LogP contribution in [0.4, 0.5) is 0 Å². The molecule has 2 fully saturated rings. The summed E-state index contributed by atoms with van der Waals surface area (Å²) < 4.78 is 33.6. The standard InChI is InChI=1S/C57H96O15/c1-3-5-7-9-11-13-15-17-19-21-22-24-26-28-30-32-34-36-38-40-49(60)70-45(42-67-48(59)39-37-35-33-31-29-27-25-23-20-18-16-14-12-10-8-6-4-2)43-68-56-55(66)53(64)51(62)47(72-56)44-69-57-54(65)52(63)50(61)46(41-58)71-57/h5,7,11,13-14,16-17,19,22,24,28,30,45-47,50-58,61-66H,3-4,6,8-10,12,15,18,20-21,23,25-27,29,31-44H2,1-2H3/b7-5+,13-11+,16-14+,19-17+,24-22+,30-28+/t45-,46+,47+,50-,51-,52?,53?,54?,55?,56+,57+/m1/s1. The van der Waals surface area contributed by atoms with E-state index in [4.69, 9.17) is 28.4 Å². The summed E-state index contributed by atoms with van der Waals surface area (Å²) >= 11 is 0. The van der Waals surface area contributed by atoms with E-state index in [1.165, 1.54) is 64.2 Å². The molecule has 2 heterocycles. The predicted molar refractivity (Wildman–Crippen MR) is 279 cm³/mol. The molecule has 2 saturated heterocycles. The van der Waals surface area contributed by atoms with E-state index in [0.29, 0.717) is 12.8 Å². The van der Waals surface area contributed by atoms with Crippen LogP contribution in [-0.2, 0) is 38.0 Å². The fraction of sp³-hybridized carbons (Fsp3) is 0.754. The van der Waals surface area contributed by atoms with Crippen LogP contribution < -0.4 is 0 Å². The second kappa shape index (κ2) is 43.2. The van der Waals surface area contributed by atoms with Gasteiger partial charge >= 0.3 is 11.9 Å². The lowest BCUT2D eigenvalue weighted by atomic mass is 9.98. The highest BCUT2D eigenvalue weighted by molar-refractivity contribution is 5.70. The summed E-state index contributed by atoms with van der Waals surface area (Å²) in [5.74, 6) is -0.968. The number of carbonyl (C=O) groups is 2. The molecule has 414 valence electrons. The van der Waals surface area contributed by atoms with Crippen LogP contribution in [0.5, 0.6) is 0 Å². The molecule has 0 aliphatic carbocycles. The highest BCUT2D eigenvalue weighted by Gasteiger charge is 2.47. The zero-order chi connectivity index (χ0) is 52.4. The van der Waals surface area contributed by atoms with Crippen LogP contribution >= 0.6 is 0 Å². The third-order valence-electron chi connectivity index (χ3n) is 12.7. The molecule has 0 amide bonds. The molecule has 2 aliphatic rings. The Hall–Kier alpha value is -3.06. The first-order chi connectivity index (χ1) is 35.0. The largest absolute Gasteiger partial charge is 0.462 e. The fourth-order valence-electron chi connectivity index (χ4n) is 8.18. The monoisotopic (exact) mass is 1020 g/mol. The molecule has 2 aliphatic heterocycles. The summed E-state index contributed by atoms with van der Waals surface area (Å²) in [7, 11) is 0. The van der Waals surface area contributed by atoms with E-state index in [0.717, 1.165) is 77.0 Å². The lowest BCUT2D eigenvalue weighted by Crippen LogP contribution is -2.61. The molecule has 4 unspecified atom stereocenters. The quantitative estimate of drug-likeness (QED) is 0.0172. The van der Waals surface area contributed by atoms with E-state index in [9.17, 15) is 45.3 Å². The van der Waals surface area contributed by atoms with Crippen molar-refractivity contribution in [1.82, 2.24) is 0 Å². The molecule has 15 nitrogen and oxygen atoms in total. The third kappa shape index (κ3) is 30.3. The van der Waals surface area contributed by atoms with Crippen LogP contribution in [0.1, 0.15) is 181 Å². The van der Waals surface area contributed by atoms with Gasteiger partial charge in [0.25, 0.3) is 0 Å². The van der Waals surface area contributed by atoms with Crippen LogP contribution in [0, 0.1) is 0 Å². The molecule has 0 saturated carbocycles. The summed E-state index contributed by atoms with van der Waals surface area (Å²) in [6.07, 6.45) is 34.9. The number of esters is 2. The van der Waals surface area contributed by atoms with E-state index in [-0.39, 0.29) is 19.4 Å². The van der Waals surface area contributed by atoms with E-state index < -0.39 is 99.3 Å². The fourth-order valence-corrected chi connectivity index (χ4v) is 8.18. The molecule has 15 heteroatoms. The number of hydrogen-bond acceptors (Lipinski definition) is 15. The molecule has 0 spiro atoms. The average Bonchev–Trinajstić information content (AvgIpc) is 3.37. The molecule has 7 N–H and O–H groups in total. The summed E-state index contributed by atoms with van der Waals surface area (Å²) in [5.41, 5.74) is 0. The molecule has 0 bridgehead atoms. The molecule has 0 aromatic rings. The van der Waals surface area contributed by atoms with Crippen LogP contribution in [0.25, 0.3) is 0 Å². The van der Waals surface area contributed by atoms with Crippen molar-refractivity contribution in [2.75, 3.05) is 26.4 Å². The topological polar surface area (TPSA) is 231 Å². The Morgan fingerprint density at radius 3 is 1.40 bits per heavy atom. The summed E-state index contributed by atoms with van der Waals surface area (Å²) in [4.78, 5) is 25.8. The molecule has 0 aromatic carbocycles. The number of rotatable bonds is 42. The second-order valence-corrected chi connectivity index (χ2v) is 19.0. The number of ether oxygens (including phenoxy) is 6. The van der Waals surface area contributed by atoms with Gasteiger partial charge in [0.1, 0.15) is 55.4 Å². The van der Waals surface area contributed by atoms with Gasteiger partial charge in [-0.1, -0.05) is 157 Å². The van der Waals surface area contributed by atoms with Gasteiger partial charge in [-0.05, 0) is 83.5 Å². The molecule has 72 heavy (non-hydrogen) atoms. The minimum atomic E-state index is -1.78. The van der Waals surface area contributed by atoms with E-state index >= 15 is 0 Å². The van der Waals surface area contributed by atoms with Gasteiger partial charge in [0.2, 0.25) is 0 Å². The van der Waals surface area contributed by atoms with Gasteiger partial charge in [-0.3, -0.25) is 9.59 Å². The predicted octanol–water partition coefficient (Wildman–Crippen LogP) is 8.60. The Morgan fingerprint density at radius 2 is 0.875 bits per heavy atom. The molecule has 2 rings (SSSR count). The van der Waals surface area contributed by atoms with Crippen LogP contribution in [0.15, 0.2) is 72.9 Å². The first-order valence-corrected chi connectivity index (χ1v) is 27.5. The first kappa shape index (κ1) is 65.1. The van der Waals surface area contributed by atoms with Gasteiger partial charge < -0.3 is 64.2 Å². The SMILES string of the molecule is CC/C=C/C/C=C/C/C=C/C/C=C/C/C=C/CCCCCC(=O)O[C@H](COC(=O)CCCCCCCCCCC/C=C/CCCCCC)CO[C@H]1O[C@@H](CO[C@H]2O[C@@H](CO)[C@@H](O)C(O)C2O)[C@@H](O)C(O)C1O. The van der Waals surface area contributed by atoms with Gasteiger partial charge in [0, 0.05) is 12.8 Å². The Bertz CT molecular complexity index is 1530. The minimum Gasteiger partial charge on any atom is -0.462 e. The minimum absolute atomic E-state index is 0.123. The van der Waals surface area contributed by atoms with Crippen LogP contribution in [-0.4, -0.2) is 142 Å². The van der Waals surface area contributed by atoms with Gasteiger partial charge in [-0.25, -0.2) is 0 Å². The van der Waals surface area contributed by atoms with Gasteiger partial charge in [0.15, 0.2) is 18.7 Å². The number of aliphatic hydroxyl groups is 7. The van der Waals surface area contributed by atoms with Gasteiger partial charge in [0.05, 0.1) is 19.8 Å². The van der Waals surface area contributed by atoms with Crippen LogP contribution in [0.3, 0.4) is 0 Å². The van der Waals surface area contributed by atoms with Crippen molar-refractivity contribution in [1.29, 1.82) is 0 Å². The number of allylic oxidation sites excluding steroid dienone is 12. The van der Waals surface area contributed by atoms with E-state index in [1.807, 2.05) is 0 Å². The summed E-state index contributed by atoms with van der Waals surface area (Å²) in [6.45, 7) is 2.43. The molecule has 0 radical (unpaired) electrons. The Morgan fingerprint density at radius 1 is 0.458 bits per heavy atom. The lowest BCUT2D eigenvalue weighted by molar-refractivity contribution is -0.332. The zero-order valence-corrected chi connectivity index (χ0v) is 43.9. The number of hydrogen-bond donors (Lipinski definition) is 7. The molecular weight excluding hydrogens is 925 g/mol. The molecular formula is C57H96O15. The third-order valence-corrected chi connectivity index (χ3v) is 12.7. The highest BCUT2D eigenvalue weighted by Crippen LogP contribution is 2.26. The Balaban J connectivity index is 1.80. The zero-order valence-electron chi connectivity index (χ0n) is 43.9. The smallest absolute Gasteiger partial charge is 0.306 e. The number of aliphatic hydroxyl groups excluding tert-OH is 7. The van der Waals surface area contributed by atoms with Gasteiger partial charge in [-0.2, -0.15) is 0 Å². The number of carbonyl (C=O) groups excluding carboxylic acids is 2. The first-order valence-electron chi connectivity index (χ1n) is 27.5. The van der Waals surface area contributed by atoms with Crippen molar-refractivity contribution >= 4 is 11.9 Å². The maximum atomic E-state index is 13.0. The Labute approximate surface area is 432 Å². The van der Waals surface area contributed by atoms with E-state index in [1.54, 1.807) is 0 Å².